The van der Waals surface area contributed by atoms with Gasteiger partial charge in [0, 0.05) is 42.3 Å². The normalized spacial score (nSPS) is 19.5. The highest BCUT2D eigenvalue weighted by atomic mass is 15.2. The van der Waals surface area contributed by atoms with Crippen molar-refractivity contribution in [3.63, 3.8) is 0 Å². The topological polar surface area (TPSA) is 41.9 Å². The largest absolute Gasteiger partial charge is 0.356 e. The molecule has 4 nitrogen and oxygen atoms in total. The number of piperidine rings is 1. The third-order valence-electron chi connectivity index (χ3n) is 5.20. The van der Waals surface area contributed by atoms with Crippen molar-refractivity contribution in [2.24, 2.45) is 5.41 Å². The first-order valence-electron chi connectivity index (χ1n) is 8.18. The molecule has 0 amide bonds. The van der Waals surface area contributed by atoms with Gasteiger partial charge in [0.05, 0.1) is 0 Å². The van der Waals surface area contributed by atoms with E-state index in [9.17, 15) is 0 Å². The lowest BCUT2D eigenvalue weighted by Crippen LogP contribution is -2.37. The van der Waals surface area contributed by atoms with Crippen molar-refractivity contribution in [1.82, 2.24) is 15.0 Å². The average Bonchev–Trinajstić information content (AvgIpc) is 3.29. The molecule has 0 radical (unpaired) electrons. The van der Waals surface area contributed by atoms with Crippen molar-refractivity contribution in [3.8, 4) is 11.4 Å². The van der Waals surface area contributed by atoms with Gasteiger partial charge >= 0.3 is 0 Å². The molecule has 1 aliphatic carbocycles. The van der Waals surface area contributed by atoms with E-state index in [1.807, 2.05) is 18.3 Å². The van der Waals surface area contributed by atoms with Crippen molar-refractivity contribution in [2.75, 3.05) is 18.0 Å². The summed E-state index contributed by atoms with van der Waals surface area (Å²) in [6.45, 7) is 6.51. The molecule has 0 unspecified atom stereocenters. The highest BCUT2D eigenvalue weighted by Crippen LogP contribution is 2.52. The second-order valence-electron chi connectivity index (χ2n) is 6.85. The highest BCUT2D eigenvalue weighted by Gasteiger charge is 2.45. The van der Waals surface area contributed by atoms with Crippen LogP contribution in [0.25, 0.3) is 11.4 Å². The number of nitrogens with zero attached hydrogens (tertiary/aromatic N) is 4. The van der Waals surface area contributed by atoms with E-state index in [4.69, 9.17) is 4.98 Å². The number of rotatable bonds is 2. The summed E-state index contributed by atoms with van der Waals surface area (Å²) in [5.41, 5.74) is 3.87. The summed E-state index contributed by atoms with van der Waals surface area (Å²) in [5.74, 6) is 1.92. The second-order valence-corrected chi connectivity index (χ2v) is 6.85. The van der Waals surface area contributed by atoms with Crippen LogP contribution in [0.15, 0.2) is 24.5 Å². The van der Waals surface area contributed by atoms with Gasteiger partial charge in [-0.05, 0) is 57.1 Å². The minimum absolute atomic E-state index is 0.595. The Morgan fingerprint density at radius 2 is 2.00 bits per heavy atom. The molecular formula is C18H22N4. The Morgan fingerprint density at radius 1 is 1.14 bits per heavy atom. The second kappa shape index (κ2) is 5.04. The van der Waals surface area contributed by atoms with Gasteiger partial charge in [0.25, 0.3) is 0 Å². The molecule has 2 aromatic rings. The SMILES string of the molecule is Cc1nc(-c2cccnc2)nc(N2CCCC3(CC3)C2)c1C. The zero-order valence-corrected chi connectivity index (χ0v) is 13.3. The van der Waals surface area contributed by atoms with Crippen LogP contribution in [0.5, 0.6) is 0 Å². The van der Waals surface area contributed by atoms with Crippen LogP contribution in [0.4, 0.5) is 5.82 Å². The van der Waals surface area contributed by atoms with Gasteiger partial charge in [0.1, 0.15) is 5.82 Å². The Morgan fingerprint density at radius 3 is 2.73 bits per heavy atom. The van der Waals surface area contributed by atoms with Gasteiger partial charge in [0.2, 0.25) is 0 Å². The van der Waals surface area contributed by atoms with E-state index in [0.29, 0.717) is 5.41 Å². The summed E-state index contributed by atoms with van der Waals surface area (Å²) < 4.78 is 0. The van der Waals surface area contributed by atoms with Crippen molar-refractivity contribution < 1.29 is 0 Å². The molecule has 0 N–H and O–H groups in total. The molecule has 0 atom stereocenters. The zero-order valence-electron chi connectivity index (χ0n) is 13.3. The first-order valence-corrected chi connectivity index (χ1v) is 8.18. The Labute approximate surface area is 131 Å². The smallest absolute Gasteiger partial charge is 0.163 e. The Bertz CT molecular complexity index is 692. The molecule has 1 aliphatic heterocycles. The summed E-state index contributed by atoms with van der Waals surface area (Å²) in [4.78, 5) is 16.2. The fraction of sp³-hybridized carbons (Fsp3) is 0.500. The van der Waals surface area contributed by atoms with Crippen LogP contribution in [0.3, 0.4) is 0 Å². The highest BCUT2D eigenvalue weighted by molar-refractivity contribution is 5.59. The fourth-order valence-corrected chi connectivity index (χ4v) is 3.52. The molecular weight excluding hydrogens is 272 g/mol. The predicted molar refractivity (Wildman–Crippen MR) is 87.9 cm³/mol. The Kier molecular flexibility index (Phi) is 3.13. The van der Waals surface area contributed by atoms with Crippen LogP contribution in [0.1, 0.15) is 36.9 Å². The zero-order chi connectivity index (χ0) is 15.2. The molecule has 0 bridgehead atoms. The number of aromatic nitrogens is 3. The Hall–Kier alpha value is -1.97. The first kappa shape index (κ1) is 13.7. The molecule has 22 heavy (non-hydrogen) atoms. The number of aryl methyl sites for hydroxylation is 1. The van der Waals surface area contributed by atoms with Gasteiger partial charge in [-0.1, -0.05) is 0 Å². The maximum absolute atomic E-state index is 4.90. The van der Waals surface area contributed by atoms with Crippen LogP contribution in [0, 0.1) is 19.3 Å². The third kappa shape index (κ3) is 2.36. The molecule has 3 heterocycles. The van der Waals surface area contributed by atoms with Gasteiger partial charge in [-0.25, -0.2) is 9.97 Å². The molecule has 114 valence electrons. The van der Waals surface area contributed by atoms with Crippen molar-refractivity contribution in [3.05, 3.63) is 35.8 Å². The van der Waals surface area contributed by atoms with Crippen LogP contribution >= 0.6 is 0 Å². The van der Waals surface area contributed by atoms with Crippen molar-refractivity contribution >= 4 is 5.82 Å². The van der Waals surface area contributed by atoms with Gasteiger partial charge in [0.15, 0.2) is 5.82 Å². The minimum atomic E-state index is 0.595. The van der Waals surface area contributed by atoms with Gasteiger partial charge in [-0.3, -0.25) is 4.98 Å². The molecule has 4 heteroatoms. The molecule has 0 aromatic carbocycles. The summed E-state index contributed by atoms with van der Waals surface area (Å²) >= 11 is 0. The van der Waals surface area contributed by atoms with Crippen LogP contribution < -0.4 is 4.90 Å². The quantitative estimate of drug-likeness (QED) is 0.849. The van der Waals surface area contributed by atoms with Crippen LogP contribution in [-0.2, 0) is 0 Å². The number of anilines is 1. The van der Waals surface area contributed by atoms with E-state index < -0.39 is 0 Å². The standard InChI is InChI=1S/C18H22N4/c1-13-14(2)20-16(15-5-3-9-19-11-15)21-17(13)22-10-4-6-18(12-22)7-8-18/h3,5,9,11H,4,6-8,10,12H2,1-2H3. The Balaban J connectivity index is 1.73. The van der Waals surface area contributed by atoms with E-state index in [2.05, 4.69) is 28.7 Å². The van der Waals surface area contributed by atoms with Gasteiger partial charge in [-0.2, -0.15) is 0 Å². The molecule has 2 aliphatic rings. The lowest BCUT2D eigenvalue weighted by atomic mass is 9.95. The molecule has 2 fully saturated rings. The van der Waals surface area contributed by atoms with Gasteiger partial charge < -0.3 is 4.90 Å². The van der Waals surface area contributed by atoms with Crippen LogP contribution in [-0.4, -0.2) is 28.0 Å². The van der Waals surface area contributed by atoms with E-state index in [1.165, 1.54) is 31.2 Å². The summed E-state index contributed by atoms with van der Waals surface area (Å²) in [5, 5.41) is 0. The fourth-order valence-electron chi connectivity index (χ4n) is 3.52. The van der Waals surface area contributed by atoms with E-state index >= 15 is 0 Å². The summed E-state index contributed by atoms with van der Waals surface area (Å²) in [7, 11) is 0. The van der Waals surface area contributed by atoms with E-state index in [-0.39, 0.29) is 0 Å². The lowest BCUT2D eigenvalue weighted by molar-refractivity contribution is 0.393. The molecule has 1 spiro atoms. The predicted octanol–water partition coefficient (Wildman–Crippen LogP) is 3.54. The lowest BCUT2D eigenvalue weighted by Gasteiger charge is -2.35. The summed E-state index contributed by atoms with van der Waals surface area (Å²) in [6.07, 6.45) is 9.08. The van der Waals surface area contributed by atoms with E-state index in [0.717, 1.165) is 36.0 Å². The third-order valence-corrected chi connectivity index (χ3v) is 5.20. The maximum Gasteiger partial charge on any atom is 0.163 e. The van der Waals surface area contributed by atoms with Crippen molar-refractivity contribution in [2.45, 2.75) is 39.5 Å². The first-order chi connectivity index (χ1) is 10.7. The maximum atomic E-state index is 4.90. The molecule has 4 rings (SSSR count). The van der Waals surface area contributed by atoms with Crippen molar-refractivity contribution in [1.29, 1.82) is 0 Å². The van der Waals surface area contributed by atoms with E-state index in [1.54, 1.807) is 6.20 Å². The molecule has 2 aromatic heterocycles. The monoisotopic (exact) mass is 294 g/mol. The molecule has 1 saturated heterocycles. The number of hydrogen-bond donors (Lipinski definition) is 0. The van der Waals surface area contributed by atoms with Crippen LogP contribution in [0.2, 0.25) is 0 Å². The number of hydrogen-bond acceptors (Lipinski definition) is 4. The minimum Gasteiger partial charge on any atom is -0.356 e. The average molecular weight is 294 g/mol. The summed E-state index contributed by atoms with van der Waals surface area (Å²) in [6, 6.07) is 3.97. The van der Waals surface area contributed by atoms with Gasteiger partial charge in [-0.15, -0.1) is 0 Å². The number of pyridine rings is 1. The molecule has 1 saturated carbocycles.